The van der Waals surface area contributed by atoms with Crippen LogP contribution in [0.1, 0.15) is 30.1 Å². The molecule has 18 heavy (non-hydrogen) atoms. The van der Waals surface area contributed by atoms with Crippen molar-refractivity contribution in [3.05, 3.63) is 29.8 Å². The number of hydrogen-bond donors (Lipinski definition) is 3. The molecular weight excluding hydrogens is 230 g/mol. The Labute approximate surface area is 106 Å². The number of nitrogens with one attached hydrogen (secondary N) is 2. The first kappa shape index (κ1) is 12.6. The van der Waals surface area contributed by atoms with Crippen LogP contribution in [0.25, 0.3) is 0 Å². The van der Waals surface area contributed by atoms with Crippen LogP contribution in [0.3, 0.4) is 0 Å². The summed E-state index contributed by atoms with van der Waals surface area (Å²) in [7, 11) is 0. The van der Waals surface area contributed by atoms with Crippen LogP contribution in [0.5, 0.6) is 0 Å². The Kier molecular flexibility index (Phi) is 3.34. The van der Waals surface area contributed by atoms with E-state index in [-0.39, 0.29) is 11.8 Å². The molecule has 0 heterocycles. The molecule has 0 aliphatic heterocycles. The summed E-state index contributed by atoms with van der Waals surface area (Å²) >= 11 is 0. The molecule has 1 aromatic carbocycles. The third-order valence-electron chi connectivity index (χ3n) is 2.98. The smallest absolute Gasteiger partial charge is 0.251 e. The Morgan fingerprint density at radius 3 is 2.39 bits per heavy atom. The van der Waals surface area contributed by atoms with Gasteiger partial charge in [-0.25, -0.2) is 0 Å². The van der Waals surface area contributed by atoms with Crippen molar-refractivity contribution in [1.29, 1.82) is 0 Å². The SMILES string of the molecule is CCNC(=O)c1ccc(NC(=O)C2(N)CC2)cc1. The number of nitrogens with two attached hydrogens (primary N) is 1. The van der Waals surface area contributed by atoms with Gasteiger partial charge in [0.1, 0.15) is 0 Å². The standard InChI is InChI=1S/C13H17N3O2/c1-2-15-11(17)9-3-5-10(6-4-9)16-12(18)13(14)7-8-13/h3-6H,2,7-8,14H2,1H3,(H,15,17)(H,16,18). The van der Waals surface area contributed by atoms with Crippen LogP contribution in [0.15, 0.2) is 24.3 Å². The molecule has 2 amide bonds. The number of carbonyl (C=O) groups excluding carboxylic acids is 2. The summed E-state index contributed by atoms with van der Waals surface area (Å²) in [5.41, 5.74) is 6.33. The Balaban J connectivity index is 1.99. The lowest BCUT2D eigenvalue weighted by molar-refractivity contribution is -0.118. The third-order valence-corrected chi connectivity index (χ3v) is 2.98. The van der Waals surface area contributed by atoms with Gasteiger partial charge in [-0.15, -0.1) is 0 Å². The normalized spacial score (nSPS) is 15.9. The molecule has 1 aliphatic carbocycles. The number of hydrogen-bond acceptors (Lipinski definition) is 3. The number of rotatable bonds is 4. The van der Waals surface area contributed by atoms with Crippen LogP contribution in [-0.2, 0) is 4.79 Å². The van der Waals surface area contributed by atoms with E-state index in [1.165, 1.54) is 0 Å². The maximum absolute atomic E-state index is 11.7. The van der Waals surface area contributed by atoms with Crippen LogP contribution in [0, 0.1) is 0 Å². The van der Waals surface area contributed by atoms with Gasteiger partial charge in [-0.3, -0.25) is 9.59 Å². The van der Waals surface area contributed by atoms with Crippen LogP contribution >= 0.6 is 0 Å². The van der Waals surface area contributed by atoms with Gasteiger partial charge in [-0.2, -0.15) is 0 Å². The summed E-state index contributed by atoms with van der Waals surface area (Å²) in [5.74, 6) is -0.277. The van der Waals surface area contributed by atoms with Crippen molar-refractivity contribution in [3.8, 4) is 0 Å². The molecule has 0 aromatic heterocycles. The van der Waals surface area contributed by atoms with Crippen molar-refractivity contribution < 1.29 is 9.59 Å². The minimum atomic E-state index is -0.682. The topological polar surface area (TPSA) is 84.2 Å². The first-order chi connectivity index (χ1) is 8.55. The first-order valence-corrected chi connectivity index (χ1v) is 6.04. The highest BCUT2D eigenvalue weighted by Crippen LogP contribution is 2.33. The van der Waals surface area contributed by atoms with Crippen LogP contribution in [0.2, 0.25) is 0 Å². The van der Waals surface area contributed by atoms with Gasteiger partial charge >= 0.3 is 0 Å². The minimum absolute atomic E-state index is 0.118. The summed E-state index contributed by atoms with van der Waals surface area (Å²) in [5, 5.41) is 5.46. The molecule has 5 nitrogen and oxygen atoms in total. The number of benzene rings is 1. The highest BCUT2D eigenvalue weighted by Gasteiger charge is 2.45. The van der Waals surface area contributed by atoms with E-state index in [0.717, 1.165) is 12.8 Å². The number of carbonyl (C=O) groups is 2. The van der Waals surface area contributed by atoms with Crippen molar-refractivity contribution >= 4 is 17.5 Å². The second kappa shape index (κ2) is 4.78. The first-order valence-electron chi connectivity index (χ1n) is 6.04. The highest BCUT2D eigenvalue weighted by atomic mass is 16.2. The van der Waals surface area contributed by atoms with E-state index in [9.17, 15) is 9.59 Å². The summed E-state index contributed by atoms with van der Waals surface area (Å²) in [6.07, 6.45) is 1.46. The Hall–Kier alpha value is -1.88. The van der Waals surface area contributed by atoms with Gasteiger partial charge in [0.2, 0.25) is 5.91 Å². The fourth-order valence-electron chi connectivity index (χ4n) is 1.58. The molecule has 4 N–H and O–H groups in total. The van der Waals surface area contributed by atoms with Gasteiger partial charge in [0.25, 0.3) is 5.91 Å². The number of amides is 2. The average molecular weight is 247 g/mol. The van der Waals surface area contributed by atoms with Crippen molar-refractivity contribution in [3.63, 3.8) is 0 Å². The molecule has 2 rings (SSSR count). The fourth-order valence-corrected chi connectivity index (χ4v) is 1.58. The highest BCUT2D eigenvalue weighted by molar-refractivity contribution is 6.00. The minimum Gasteiger partial charge on any atom is -0.352 e. The van der Waals surface area contributed by atoms with Crippen molar-refractivity contribution in [2.75, 3.05) is 11.9 Å². The third kappa shape index (κ3) is 2.68. The van der Waals surface area contributed by atoms with E-state index in [1.807, 2.05) is 6.92 Å². The van der Waals surface area contributed by atoms with Gasteiger partial charge < -0.3 is 16.4 Å². The summed E-state index contributed by atoms with van der Waals surface area (Å²) in [4.78, 5) is 23.2. The molecule has 0 saturated heterocycles. The van der Waals surface area contributed by atoms with E-state index < -0.39 is 5.54 Å². The Morgan fingerprint density at radius 1 is 1.28 bits per heavy atom. The molecule has 0 spiro atoms. The van der Waals surface area contributed by atoms with Crippen molar-refractivity contribution in [2.24, 2.45) is 5.73 Å². The molecule has 0 bridgehead atoms. The largest absolute Gasteiger partial charge is 0.352 e. The Bertz CT molecular complexity index is 464. The lowest BCUT2D eigenvalue weighted by atomic mass is 10.2. The van der Waals surface area contributed by atoms with E-state index >= 15 is 0 Å². The fraction of sp³-hybridized carbons (Fsp3) is 0.385. The Morgan fingerprint density at radius 2 is 1.89 bits per heavy atom. The average Bonchev–Trinajstić information content (AvgIpc) is 3.10. The van der Waals surface area contributed by atoms with E-state index in [4.69, 9.17) is 5.73 Å². The maximum atomic E-state index is 11.7. The van der Waals surface area contributed by atoms with Gasteiger partial charge in [0.05, 0.1) is 5.54 Å². The lowest BCUT2D eigenvalue weighted by Gasteiger charge is -2.10. The summed E-state index contributed by atoms with van der Waals surface area (Å²) in [6.45, 7) is 2.45. The molecule has 1 aliphatic rings. The molecule has 1 saturated carbocycles. The zero-order valence-electron chi connectivity index (χ0n) is 10.3. The van der Waals surface area contributed by atoms with Gasteiger partial charge in [-0.1, -0.05) is 0 Å². The summed E-state index contributed by atoms with van der Waals surface area (Å²) < 4.78 is 0. The van der Waals surface area contributed by atoms with Crippen LogP contribution in [0.4, 0.5) is 5.69 Å². The summed E-state index contributed by atoms with van der Waals surface area (Å²) in [6, 6.07) is 6.76. The van der Waals surface area contributed by atoms with Gasteiger partial charge in [0.15, 0.2) is 0 Å². The van der Waals surface area contributed by atoms with Gasteiger partial charge in [-0.05, 0) is 44.0 Å². The molecule has 5 heteroatoms. The molecule has 1 aromatic rings. The molecule has 0 unspecified atom stereocenters. The monoisotopic (exact) mass is 247 g/mol. The van der Waals surface area contributed by atoms with Gasteiger partial charge in [0, 0.05) is 17.8 Å². The van der Waals surface area contributed by atoms with Crippen molar-refractivity contribution in [1.82, 2.24) is 5.32 Å². The lowest BCUT2D eigenvalue weighted by Crippen LogP contribution is -2.37. The van der Waals surface area contributed by atoms with Crippen LogP contribution < -0.4 is 16.4 Å². The zero-order chi connectivity index (χ0) is 13.2. The maximum Gasteiger partial charge on any atom is 0.251 e. The van der Waals surface area contributed by atoms with Crippen molar-refractivity contribution in [2.45, 2.75) is 25.3 Å². The predicted octanol–water partition coefficient (Wildman–Crippen LogP) is 0.866. The zero-order valence-corrected chi connectivity index (χ0v) is 10.3. The molecule has 0 radical (unpaired) electrons. The molecule has 96 valence electrons. The molecular formula is C13H17N3O2. The molecule has 1 fully saturated rings. The second-order valence-electron chi connectivity index (χ2n) is 4.55. The molecule has 0 atom stereocenters. The van der Waals surface area contributed by atoms with E-state index in [1.54, 1.807) is 24.3 Å². The number of anilines is 1. The van der Waals surface area contributed by atoms with E-state index in [0.29, 0.717) is 17.8 Å². The predicted molar refractivity (Wildman–Crippen MR) is 69.2 cm³/mol. The van der Waals surface area contributed by atoms with E-state index in [2.05, 4.69) is 10.6 Å². The quantitative estimate of drug-likeness (QED) is 0.738. The second-order valence-corrected chi connectivity index (χ2v) is 4.55. The van der Waals surface area contributed by atoms with Crippen LogP contribution in [-0.4, -0.2) is 23.9 Å².